The number of hydrogen-bond acceptors (Lipinski definition) is 4. The molecule has 0 radical (unpaired) electrons. The second-order valence-corrected chi connectivity index (χ2v) is 8.20. The van der Waals surface area contributed by atoms with E-state index in [9.17, 15) is 9.18 Å². The van der Waals surface area contributed by atoms with Crippen molar-refractivity contribution in [3.05, 3.63) is 46.0 Å². The Bertz CT molecular complexity index is 844. The van der Waals surface area contributed by atoms with Gasteiger partial charge in [0.1, 0.15) is 5.82 Å². The van der Waals surface area contributed by atoms with E-state index in [0.29, 0.717) is 16.8 Å². The molecule has 1 aromatic heterocycles. The molecule has 146 valence electrons. The zero-order valence-electron chi connectivity index (χ0n) is 16.1. The standard InChI is InChI=1S/C21H29FN4O/c1-24-7-9-25(10-8-24)13-16-3-2-6-26(14-16)15-18-12-21(27)19-11-17(22)4-5-20(19)23-18/h4-5,11-12,16H,2-3,6-10,13-15H2,1H3,(H,23,27)/t16-/m0/s1. The molecule has 2 fully saturated rings. The molecule has 2 aliphatic heterocycles. The summed E-state index contributed by atoms with van der Waals surface area (Å²) in [7, 11) is 2.19. The lowest BCUT2D eigenvalue weighted by Gasteiger charge is -2.38. The largest absolute Gasteiger partial charge is 0.357 e. The van der Waals surface area contributed by atoms with Crippen LogP contribution in [-0.4, -0.2) is 72.5 Å². The van der Waals surface area contributed by atoms with Gasteiger partial charge in [0.2, 0.25) is 0 Å². The van der Waals surface area contributed by atoms with E-state index >= 15 is 0 Å². The molecule has 0 aliphatic carbocycles. The third kappa shape index (κ3) is 4.57. The Morgan fingerprint density at radius 2 is 1.93 bits per heavy atom. The molecule has 4 rings (SSSR count). The topological polar surface area (TPSA) is 42.6 Å². The Morgan fingerprint density at radius 3 is 2.74 bits per heavy atom. The number of halogens is 1. The highest BCUT2D eigenvalue weighted by atomic mass is 19.1. The minimum atomic E-state index is -0.372. The van der Waals surface area contributed by atoms with Gasteiger partial charge in [-0.1, -0.05) is 0 Å². The van der Waals surface area contributed by atoms with Gasteiger partial charge in [0.05, 0.1) is 0 Å². The number of benzene rings is 1. The van der Waals surface area contributed by atoms with Crippen LogP contribution < -0.4 is 5.43 Å². The number of piperazine rings is 1. The summed E-state index contributed by atoms with van der Waals surface area (Å²) in [6, 6.07) is 5.99. The lowest BCUT2D eigenvalue weighted by atomic mass is 9.97. The van der Waals surface area contributed by atoms with E-state index in [1.165, 1.54) is 44.6 Å². The number of hydrogen-bond donors (Lipinski definition) is 1. The van der Waals surface area contributed by atoms with Crippen molar-refractivity contribution < 1.29 is 4.39 Å². The Hall–Kier alpha value is -1.76. The van der Waals surface area contributed by atoms with Gasteiger partial charge in [-0.2, -0.15) is 0 Å². The molecular formula is C21H29FN4O. The van der Waals surface area contributed by atoms with Crippen LogP contribution in [0.3, 0.4) is 0 Å². The van der Waals surface area contributed by atoms with Crippen molar-refractivity contribution in [2.45, 2.75) is 19.4 Å². The van der Waals surface area contributed by atoms with Crippen molar-refractivity contribution in [3.8, 4) is 0 Å². The lowest BCUT2D eigenvalue weighted by Crippen LogP contribution is -2.48. The van der Waals surface area contributed by atoms with Gasteiger partial charge in [0.15, 0.2) is 5.43 Å². The lowest BCUT2D eigenvalue weighted by molar-refractivity contribution is 0.0962. The molecule has 0 spiro atoms. The minimum absolute atomic E-state index is 0.107. The summed E-state index contributed by atoms with van der Waals surface area (Å²) in [5.41, 5.74) is 1.52. The van der Waals surface area contributed by atoms with Gasteiger partial charge in [-0.25, -0.2) is 4.39 Å². The van der Waals surface area contributed by atoms with E-state index in [-0.39, 0.29) is 11.2 Å². The first-order chi connectivity index (χ1) is 13.1. The van der Waals surface area contributed by atoms with Gasteiger partial charge in [0, 0.05) is 68.5 Å². The summed E-state index contributed by atoms with van der Waals surface area (Å²) < 4.78 is 13.4. The molecular weight excluding hydrogens is 343 g/mol. The third-order valence-corrected chi connectivity index (χ3v) is 5.96. The quantitative estimate of drug-likeness (QED) is 0.893. The highest BCUT2D eigenvalue weighted by molar-refractivity contribution is 5.78. The number of H-pyrrole nitrogens is 1. The summed E-state index contributed by atoms with van der Waals surface area (Å²) >= 11 is 0. The van der Waals surface area contributed by atoms with E-state index in [2.05, 4.69) is 26.7 Å². The van der Waals surface area contributed by atoms with Crippen LogP contribution in [-0.2, 0) is 6.54 Å². The zero-order chi connectivity index (χ0) is 18.8. The molecule has 5 nitrogen and oxygen atoms in total. The number of aromatic nitrogens is 1. The molecule has 0 saturated carbocycles. The predicted octanol–water partition coefficient (Wildman–Crippen LogP) is 2.13. The SMILES string of the molecule is CN1CCN(C[C@@H]2CCCN(Cc3cc(=O)c4cc(F)ccc4[nH]3)C2)CC1. The molecule has 3 heterocycles. The summed E-state index contributed by atoms with van der Waals surface area (Å²) in [5, 5.41) is 0.422. The van der Waals surface area contributed by atoms with Crippen molar-refractivity contribution in [3.63, 3.8) is 0 Å². The molecule has 1 aromatic carbocycles. The number of piperidine rings is 1. The van der Waals surface area contributed by atoms with E-state index in [1.807, 2.05) is 0 Å². The van der Waals surface area contributed by atoms with Crippen molar-refractivity contribution >= 4 is 10.9 Å². The van der Waals surface area contributed by atoms with Gasteiger partial charge in [0.25, 0.3) is 0 Å². The molecule has 2 aliphatic rings. The molecule has 0 amide bonds. The summed E-state index contributed by atoms with van der Waals surface area (Å²) in [4.78, 5) is 23.1. The van der Waals surface area contributed by atoms with Crippen LogP contribution in [0.1, 0.15) is 18.5 Å². The summed E-state index contributed by atoms with van der Waals surface area (Å²) in [6.07, 6.45) is 2.50. The molecule has 2 aromatic rings. The van der Waals surface area contributed by atoms with Crippen LogP contribution >= 0.6 is 0 Å². The van der Waals surface area contributed by atoms with Gasteiger partial charge in [-0.15, -0.1) is 0 Å². The zero-order valence-corrected chi connectivity index (χ0v) is 16.1. The smallest absolute Gasteiger partial charge is 0.189 e. The molecule has 27 heavy (non-hydrogen) atoms. The van der Waals surface area contributed by atoms with Crippen LogP contribution in [0.15, 0.2) is 29.1 Å². The Morgan fingerprint density at radius 1 is 1.11 bits per heavy atom. The van der Waals surface area contributed by atoms with Crippen LogP contribution in [0.5, 0.6) is 0 Å². The molecule has 1 N–H and O–H groups in total. The Kier molecular flexibility index (Phi) is 5.57. The summed E-state index contributed by atoms with van der Waals surface area (Å²) in [6.45, 7) is 8.74. The monoisotopic (exact) mass is 372 g/mol. The van der Waals surface area contributed by atoms with E-state index in [0.717, 1.165) is 38.4 Å². The van der Waals surface area contributed by atoms with Gasteiger partial charge >= 0.3 is 0 Å². The molecule has 1 atom stereocenters. The molecule has 2 saturated heterocycles. The Labute approximate surface area is 159 Å². The number of likely N-dealkylation sites (N-methyl/N-ethyl adjacent to an activating group) is 1. The predicted molar refractivity (Wildman–Crippen MR) is 106 cm³/mol. The fourth-order valence-corrected chi connectivity index (χ4v) is 4.44. The van der Waals surface area contributed by atoms with E-state index < -0.39 is 0 Å². The van der Waals surface area contributed by atoms with Crippen molar-refractivity contribution in [1.82, 2.24) is 19.7 Å². The number of nitrogens with one attached hydrogen (secondary N) is 1. The second kappa shape index (κ2) is 8.09. The number of aromatic amines is 1. The summed E-state index contributed by atoms with van der Waals surface area (Å²) in [5.74, 6) is 0.326. The first-order valence-corrected chi connectivity index (χ1v) is 10.0. The number of nitrogens with zero attached hydrogens (tertiary/aromatic N) is 3. The van der Waals surface area contributed by atoms with Gasteiger partial charge in [-0.05, 0) is 50.6 Å². The van der Waals surface area contributed by atoms with Crippen LogP contribution in [0, 0.1) is 11.7 Å². The first kappa shape index (κ1) is 18.6. The van der Waals surface area contributed by atoms with E-state index in [1.54, 1.807) is 12.1 Å². The fourth-order valence-electron chi connectivity index (χ4n) is 4.44. The average molecular weight is 372 g/mol. The minimum Gasteiger partial charge on any atom is -0.357 e. The van der Waals surface area contributed by atoms with Crippen molar-refractivity contribution in [1.29, 1.82) is 0 Å². The highest BCUT2D eigenvalue weighted by Crippen LogP contribution is 2.20. The first-order valence-electron chi connectivity index (χ1n) is 10.0. The van der Waals surface area contributed by atoms with Crippen LogP contribution in [0.4, 0.5) is 4.39 Å². The molecule has 0 unspecified atom stereocenters. The fraction of sp³-hybridized carbons (Fsp3) is 0.571. The number of rotatable bonds is 4. The van der Waals surface area contributed by atoms with Crippen LogP contribution in [0.25, 0.3) is 10.9 Å². The van der Waals surface area contributed by atoms with Crippen molar-refractivity contribution in [2.75, 3.05) is 52.9 Å². The van der Waals surface area contributed by atoms with Crippen LogP contribution in [0.2, 0.25) is 0 Å². The second-order valence-electron chi connectivity index (χ2n) is 8.20. The maximum atomic E-state index is 13.4. The van der Waals surface area contributed by atoms with E-state index in [4.69, 9.17) is 0 Å². The third-order valence-electron chi connectivity index (χ3n) is 5.96. The van der Waals surface area contributed by atoms with Gasteiger partial charge in [-0.3, -0.25) is 9.69 Å². The number of pyridine rings is 1. The number of fused-ring (bicyclic) bond motifs is 1. The molecule has 6 heteroatoms. The van der Waals surface area contributed by atoms with Crippen molar-refractivity contribution in [2.24, 2.45) is 5.92 Å². The average Bonchev–Trinajstić information content (AvgIpc) is 2.65. The molecule has 0 bridgehead atoms. The maximum Gasteiger partial charge on any atom is 0.189 e. The number of likely N-dealkylation sites (tertiary alicyclic amines) is 1. The normalized spacial score (nSPS) is 23.1. The Balaban J connectivity index is 1.39. The highest BCUT2D eigenvalue weighted by Gasteiger charge is 2.24. The van der Waals surface area contributed by atoms with Gasteiger partial charge < -0.3 is 14.8 Å². The maximum absolute atomic E-state index is 13.4.